The molecule has 130 valence electrons. The minimum atomic E-state index is -0.622. The summed E-state index contributed by atoms with van der Waals surface area (Å²) in [4.78, 5) is 10.5. The monoisotopic (exact) mass is 557 g/mol. The molecule has 0 heterocycles. The molecular weight excluding hydrogens is 536 g/mol. The first-order chi connectivity index (χ1) is 10.6. The molecule has 2 nitrogen and oxygen atoms in total. The molecule has 2 radical (unpaired) electrons. The van der Waals surface area contributed by atoms with Gasteiger partial charge >= 0.3 is 25.8 Å². The summed E-state index contributed by atoms with van der Waals surface area (Å²) in [5, 5.41) is 2.66. The molecule has 1 amide bonds. The Morgan fingerprint density at radius 2 is 1.60 bits per heavy atom. The molecule has 0 aliphatic heterocycles. The zero-order valence-electron chi connectivity index (χ0n) is 14.5. The van der Waals surface area contributed by atoms with Gasteiger partial charge in [-0.15, -0.1) is 29.7 Å². The van der Waals surface area contributed by atoms with Gasteiger partial charge in [-0.3, -0.25) is 0 Å². The normalized spacial score (nSPS) is 8.12. The van der Waals surface area contributed by atoms with Crippen LogP contribution in [0.25, 0.3) is 16.5 Å². The summed E-state index contributed by atoms with van der Waals surface area (Å²) in [5.74, 6) is -0.622. The van der Waals surface area contributed by atoms with E-state index in [1.165, 1.54) is 10.8 Å². The van der Waals surface area contributed by atoms with Gasteiger partial charge in [0.25, 0.3) is 0 Å². The van der Waals surface area contributed by atoms with Crippen LogP contribution in [-0.4, -0.2) is 15.4 Å². The number of rotatable bonds is 1. The van der Waals surface area contributed by atoms with Crippen molar-refractivity contribution in [2.45, 2.75) is 20.0 Å². The molecule has 3 rings (SSSR count). The molecule has 0 saturated heterocycles. The summed E-state index contributed by atoms with van der Waals surface area (Å²) < 4.78 is 0. The van der Waals surface area contributed by atoms with Crippen molar-refractivity contribution in [2.75, 3.05) is 0 Å². The second kappa shape index (κ2) is 16.6. The van der Waals surface area contributed by atoms with E-state index in [1.54, 1.807) is 18.2 Å². The van der Waals surface area contributed by atoms with Crippen molar-refractivity contribution >= 4 is 26.2 Å². The fourth-order valence-electron chi connectivity index (χ4n) is 1.86. The first kappa shape index (κ1) is 29.0. The second-order valence-electron chi connectivity index (χ2n) is 4.85. The van der Waals surface area contributed by atoms with Gasteiger partial charge in [-0.1, -0.05) is 49.0 Å². The van der Waals surface area contributed by atoms with Crippen LogP contribution in [0.4, 0.5) is 0 Å². The van der Waals surface area contributed by atoms with Gasteiger partial charge in [0.1, 0.15) is 0 Å². The first-order valence-electron chi connectivity index (χ1n) is 7.10. The van der Waals surface area contributed by atoms with Gasteiger partial charge in [-0.2, -0.15) is 17.5 Å². The van der Waals surface area contributed by atoms with E-state index in [4.69, 9.17) is 5.73 Å². The third-order valence-corrected chi connectivity index (χ3v) is 2.83. The Kier molecular flexibility index (Phi) is 19.3. The van der Waals surface area contributed by atoms with Crippen molar-refractivity contribution in [3.05, 3.63) is 83.6 Å². The predicted octanol–water partition coefficient (Wildman–Crippen LogP) is -0.462. The van der Waals surface area contributed by atoms with Crippen molar-refractivity contribution in [1.82, 2.24) is 0 Å². The van der Waals surface area contributed by atoms with Crippen LogP contribution in [0.2, 0.25) is 13.1 Å². The number of benzene rings is 2. The Balaban J connectivity index is -0.000000304. The van der Waals surface area contributed by atoms with Gasteiger partial charge in [-0.25, -0.2) is 0 Å². The predicted molar refractivity (Wildman–Crippen MR) is 96.9 cm³/mol. The maximum Gasteiger partial charge on any atom is 4.00 e. The molecule has 25 heavy (non-hydrogen) atoms. The van der Waals surface area contributed by atoms with E-state index in [0.29, 0.717) is 5.56 Å². The van der Waals surface area contributed by atoms with E-state index >= 15 is 0 Å². The van der Waals surface area contributed by atoms with Crippen LogP contribution in [0.15, 0.2) is 66.7 Å². The van der Waals surface area contributed by atoms with E-state index in [9.17, 15) is 4.79 Å². The van der Waals surface area contributed by atoms with E-state index in [2.05, 4.69) is 55.6 Å². The van der Waals surface area contributed by atoms with Crippen molar-refractivity contribution in [1.29, 1.82) is 0 Å². The third-order valence-electron chi connectivity index (χ3n) is 2.83. The van der Waals surface area contributed by atoms with Crippen molar-refractivity contribution in [3.63, 3.8) is 0 Å². The molecule has 3 aromatic rings. The van der Waals surface area contributed by atoms with Gasteiger partial charge in [0, 0.05) is 9.52 Å². The summed E-state index contributed by atoms with van der Waals surface area (Å²) in [5.41, 5.74) is 8.25. The van der Waals surface area contributed by atoms with Crippen LogP contribution < -0.4 is 24.8 Å². The topological polar surface area (TPSA) is 40.9 Å². The first-order valence-corrected chi connectivity index (χ1v) is 9.10. The minimum Gasteiger partial charge on any atom is -1.00 e. The maximum absolute atomic E-state index is 10.5. The number of fused-ring (bicyclic) bond motifs is 1. The Morgan fingerprint density at radius 1 is 1.00 bits per heavy atom. The Bertz CT molecular complexity index is 689. The van der Waals surface area contributed by atoms with Crippen LogP contribution in [0.5, 0.6) is 0 Å². The molecule has 0 aliphatic rings. The number of hydrogen-bond donors (Lipinski definition) is 0. The van der Waals surface area contributed by atoms with E-state index in [0.717, 1.165) is 15.1 Å². The van der Waals surface area contributed by atoms with Gasteiger partial charge in [0.2, 0.25) is 0 Å². The zero-order valence-corrected chi connectivity index (χ0v) is 20.6. The average molecular weight is 557 g/mol. The molecule has 0 atom stereocenters. The van der Waals surface area contributed by atoms with E-state index in [1.807, 2.05) is 13.0 Å². The van der Waals surface area contributed by atoms with Crippen LogP contribution in [0, 0.1) is 6.92 Å². The van der Waals surface area contributed by atoms with Crippen LogP contribution in [0.1, 0.15) is 15.9 Å². The number of nitrogens with one attached hydrogen (secondary N) is 1. The molecule has 3 aromatic carbocycles. The maximum atomic E-state index is 10.5. The van der Waals surface area contributed by atoms with Gasteiger partial charge in [0.15, 0.2) is 0 Å². The molecule has 0 unspecified atom stereocenters. The molecule has 0 aromatic heterocycles. The zero-order chi connectivity index (χ0) is 16.4. The van der Waals surface area contributed by atoms with Crippen molar-refractivity contribution in [3.8, 4) is 0 Å². The minimum absolute atomic E-state index is 0. The van der Waals surface area contributed by atoms with Crippen molar-refractivity contribution < 1.29 is 55.5 Å². The summed E-state index contributed by atoms with van der Waals surface area (Å²) in [6, 6.07) is 21.7. The third kappa shape index (κ3) is 11.4. The van der Waals surface area contributed by atoms with Crippen LogP contribution in [0.3, 0.4) is 0 Å². The summed E-state index contributed by atoms with van der Waals surface area (Å²) in [6.07, 6.45) is 0. The van der Waals surface area contributed by atoms with Gasteiger partial charge < -0.3 is 35.3 Å². The van der Waals surface area contributed by atoms with E-state index in [-0.39, 0.29) is 50.7 Å². The number of carbonyl (C=O) groups excluding carboxylic acids is 1. The van der Waals surface area contributed by atoms with Crippen LogP contribution >= 0.6 is 0 Å². The number of hydrogen-bond acceptors (Lipinski definition) is 1. The van der Waals surface area contributed by atoms with Gasteiger partial charge in [0.05, 0.1) is 5.91 Å². The average Bonchev–Trinajstić information content (AvgIpc) is 2.97. The van der Waals surface area contributed by atoms with E-state index < -0.39 is 5.91 Å². The molecule has 1 N–H and O–H groups in total. The number of amides is 1. The molecule has 0 bridgehead atoms. The molecule has 0 fully saturated rings. The van der Waals surface area contributed by atoms with Crippen LogP contribution in [-0.2, 0) is 25.8 Å². The molecular formula is C19H21Cl2HfNOSi. The quantitative estimate of drug-likeness (QED) is 0.296. The fourth-order valence-corrected chi connectivity index (χ4v) is 1.86. The standard InChI is InChI=1S/C9H7.C8H9NO.C2H6Si.2ClH.Hf/c1-2-5-9-7-3-6-8(9)4-1;1-6-3-2-4-7(5-6)8(9)10;1-3-2;;;/h1-7H;2-5H,1H3,(H2,9,10);1-2H3;2*1H;/q-1;;;;;+4/p-3. The summed E-state index contributed by atoms with van der Waals surface area (Å²) >= 11 is 0. The molecule has 6 heteroatoms. The molecule has 0 saturated carbocycles. The number of halogens is 2. The largest absolute Gasteiger partial charge is 4.00 e. The molecule has 0 aliphatic carbocycles. The fraction of sp³-hybridized carbons (Fsp3) is 0.158. The Hall–Kier alpha value is -0.813. The molecule has 0 spiro atoms. The number of aryl methyl sites for hydroxylation is 1. The summed E-state index contributed by atoms with van der Waals surface area (Å²) in [6.45, 7) is 6.20. The second-order valence-corrected chi connectivity index (χ2v) is 5.85. The van der Waals surface area contributed by atoms with Gasteiger partial charge in [-0.05, 0) is 12.5 Å². The smallest absolute Gasteiger partial charge is 1.00 e. The Labute approximate surface area is 184 Å². The van der Waals surface area contributed by atoms with Crippen molar-refractivity contribution in [2.24, 2.45) is 0 Å². The number of carbonyl (C=O) groups is 1. The summed E-state index contributed by atoms with van der Waals surface area (Å²) in [7, 11) is 1.08. The SMILES string of the molecule is C[Si]C.Cc1cccc(C([NH-])=O)c1.[Cl-].[Cl-].[Hf+4].c1ccc2[cH-]ccc2c1. The Morgan fingerprint density at radius 3 is 2.08 bits per heavy atom.